The van der Waals surface area contributed by atoms with E-state index >= 15 is 0 Å². The van der Waals surface area contributed by atoms with E-state index in [0.29, 0.717) is 13.0 Å². The molecule has 2 aromatic rings. The first-order chi connectivity index (χ1) is 10.2. The zero-order chi connectivity index (χ0) is 14.4. The van der Waals surface area contributed by atoms with Crippen molar-refractivity contribution < 1.29 is 9.90 Å². The lowest BCUT2D eigenvalue weighted by molar-refractivity contribution is 0.0262. The Balaban J connectivity index is 1.74. The lowest BCUT2D eigenvalue weighted by Crippen LogP contribution is -2.50. The molecule has 110 valence electrons. The summed E-state index contributed by atoms with van der Waals surface area (Å²) < 4.78 is 1.15. The van der Waals surface area contributed by atoms with E-state index in [4.69, 9.17) is 0 Å². The van der Waals surface area contributed by atoms with E-state index < -0.39 is 0 Å². The number of aliphatic hydroxyl groups excluding tert-OH is 1. The van der Waals surface area contributed by atoms with Crippen molar-refractivity contribution in [2.75, 3.05) is 6.54 Å². The van der Waals surface area contributed by atoms with Gasteiger partial charge in [0.15, 0.2) is 0 Å². The first kappa shape index (κ1) is 13.3. The van der Waals surface area contributed by atoms with Gasteiger partial charge in [0.1, 0.15) is 0 Å². The molecule has 1 aliphatic heterocycles. The second kappa shape index (κ2) is 4.82. The minimum Gasteiger partial charge on any atom is -0.391 e. The molecule has 2 fully saturated rings. The van der Waals surface area contributed by atoms with Gasteiger partial charge in [0.05, 0.1) is 17.2 Å². The number of hydrogen-bond donors (Lipinski definition) is 1. The molecule has 1 amide bonds. The highest BCUT2D eigenvalue weighted by atomic mass is 32.1. The predicted molar refractivity (Wildman–Crippen MR) is 84.7 cm³/mol. The van der Waals surface area contributed by atoms with Crippen molar-refractivity contribution in [3.63, 3.8) is 0 Å². The molecule has 2 heterocycles. The van der Waals surface area contributed by atoms with Crippen LogP contribution in [0, 0.1) is 0 Å². The van der Waals surface area contributed by atoms with Gasteiger partial charge in [-0.3, -0.25) is 4.79 Å². The predicted octanol–water partition coefficient (Wildman–Crippen LogP) is 3.42. The zero-order valence-electron chi connectivity index (χ0n) is 11.9. The highest BCUT2D eigenvalue weighted by Gasteiger charge is 2.51. The van der Waals surface area contributed by atoms with Gasteiger partial charge >= 0.3 is 0 Å². The van der Waals surface area contributed by atoms with Crippen LogP contribution in [0.2, 0.25) is 0 Å². The zero-order valence-corrected chi connectivity index (χ0v) is 12.7. The summed E-state index contributed by atoms with van der Waals surface area (Å²) >= 11 is 1.62. The molecule has 1 spiro atoms. The summed E-state index contributed by atoms with van der Waals surface area (Å²) in [6, 6.07) is 8.06. The van der Waals surface area contributed by atoms with E-state index in [0.717, 1.165) is 41.3 Å². The third-order valence-corrected chi connectivity index (χ3v) is 6.17. The average molecular weight is 301 g/mol. The van der Waals surface area contributed by atoms with Crippen molar-refractivity contribution in [1.29, 1.82) is 0 Å². The van der Waals surface area contributed by atoms with Gasteiger partial charge in [-0.1, -0.05) is 31.0 Å². The fraction of sp³-hybridized carbons (Fsp3) is 0.471. The van der Waals surface area contributed by atoms with E-state index in [2.05, 4.69) is 6.07 Å². The molecule has 0 radical (unpaired) electrons. The summed E-state index contributed by atoms with van der Waals surface area (Å²) in [6.45, 7) is 0.685. The number of aliphatic hydroxyl groups is 1. The second-order valence-electron chi connectivity index (χ2n) is 6.22. The summed E-state index contributed by atoms with van der Waals surface area (Å²) in [4.78, 5) is 15.0. The molecule has 1 N–H and O–H groups in total. The number of carbonyl (C=O) groups excluding carboxylic acids is 1. The van der Waals surface area contributed by atoms with E-state index in [9.17, 15) is 9.90 Å². The number of benzene rings is 1. The fourth-order valence-electron chi connectivity index (χ4n) is 4.11. The summed E-state index contributed by atoms with van der Waals surface area (Å²) in [7, 11) is 0. The van der Waals surface area contributed by atoms with E-state index in [-0.39, 0.29) is 17.6 Å². The van der Waals surface area contributed by atoms with Crippen LogP contribution in [-0.2, 0) is 0 Å². The number of likely N-dealkylation sites (tertiary alicyclic amines) is 1. The van der Waals surface area contributed by atoms with E-state index in [1.165, 1.54) is 0 Å². The molecule has 1 aromatic heterocycles. The van der Waals surface area contributed by atoms with Gasteiger partial charge in [0.25, 0.3) is 5.91 Å². The molecule has 21 heavy (non-hydrogen) atoms. The second-order valence-corrected chi connectivity index (χ2v) is 7.13. The first-order valence-electron chi connectivity index (χ1n) is 7.69. The molecule has 4 heteroatoms. The number of hydrogen-bond acceptors (Lipinski definition) is 3. The number of fused-ring (bicyclic) bond motifs is 1. The van der Waals surface area contributed by atoms with Gasteiger partial charge in [0, 0.05) is 22.0 Å². The van der Waals surface area contributed by atoms with Crippen molar-refractivity contribution in [2.45, 2.75) is 43.7 Å². The highest BCUT2D eigenvalue weighted by molar-refractivity contribution is 7.17. The maximum absolute atomic E-state index is 13.1. The molecule has 1 aromatic carbocycles. The van der Waals surface area contributed by atoms with Crippen LogP contribution in [0.15, 0.2) is 29.6 Å². The SMILES string of the molecule is O=C(c1csc2ccccc12)N1CC[C@@H](O)C12CCCC2. The van der Waals surface area contributed by atoms with Crippen molar-refractivity contribution in [3.05, 3.63) is 35.2 Å². The van der Waals surface area contributed by atoms with Crippen LogP contribution in [0.5, 0.6) is 0 Å². The average Bonchev–Trinajstić information content (AvgIpc) is 3.21. The lowest BCUT2D eigenvalue weighted by atomic mass is 9.91. The van der Waals surface area contributed by atoms with Crippen LogP contribution in [0.4, 0.5) is 0 Å². The summed E-state index contributed by atoms with van der Waals surface area (Å²) in [6.07, 6.45) is 4.49. The van der Waals surface area contributed by atoms with Crippen LogP contribution in [0.1, 0.15) is 42.5 Å². The highest BCUT2D eigenvalue weighted by Crippen LogP contribution is 2.44. The number of thiophene rings is 1. The summed E-state index contributed by atoms with van der Waals surface area (Å²) in [5, 5.41) is 13.4. The standard InChI is InChI=1S/C17H19NO2S/c19-15-7-10-18(17(15)8-3-4-9-17)16(20)13-11-21-14-6-2-1-5-12(13)14/h1-2,5-6,11,15,19H,3-4,7-10H2/t15-/m1/s1. The molecule has 1 atom stereocenters. The van der Waals surface area contributed by atoms with E-state index in [1.54, 1.807) is 11.3 Å². The minimum absolute atomic E-state index is 0.103. The van der Waals surface area contributed by atoms with Crippen molar-refractivity contribution in [1.82, 2.24) is 4.90 Å². The van der Waals surface area contributed by atoms with Crippen LogP contribution in [0.25, 0.3) is 10.1 Å². The molecule has 3 nitrogen and oxygen atoms in total. The Labute approximate surface area is 128 Å². The van der Waals surface area contributed by atoms with Gasteiger partial charge in [-0.2, -0.15) is 0 Å². The number of carbonyl (C=O) groups is 1. The maximum Gasteiger partial charge on any atom is 0.255 e. The largest absolute Gasteiger partial charge is 0.391 e. The Morgan fingerprint density at radius 1 is 1.29 bits per heavy atom. The number of rotatable bonds is 1. The number of amides is 1. The van der Waals surface area contributed by atoms with E-state index in [1.807, 2.05) is 28.5 Å². The lowest BCUT2D eigenvalue weighted by Gasteiger charge is -2.37. The molecule has 0 bridgehead atoms. The van der Waals surface area contributed by atoms with Crippen molar-refractivity contribution >= 4 is 27.3 Å². The van der Waals surface area contributed by atoms with Gasteiger partial charge in [-0.15, -0.1) is 11.3 Å². The van der Waals surface area contributed by atoms with Gasteiger partial charge < -0.3 is 10.0 Å². The molecular weight excluding hydrogens is 282 g/mol. The molecule has 0 unspecified atom stereocenters. The van der Waals surface area contributed by atoms with Gasteiger partial charge in [-0.25, -0.2) is 0 Å². The van der Waals surface area contributed by atoms with Crippen molar-refractivity contribution in [3.8, 4) is 0 Å². The molecule has 1 aliphatic carbocycles. The molecule has 2 aliphatic rings. The van der Waals surface area contributed by atoms with Crippen LogP contribution >= 0.6 is 11.3 Å². The number of nitrogens with zero attached hydrogens (tertiary/aromatic N) is 1. The monoisotopic (exact) mass is 301 g/mol. The first-order valence-corrected chi connectivity index (χ1v) is 8.57. The van der Waals surface area contributed by atoms with Gasteiger partial charge in [-0.05, 0) is 25.3 Å². The Kier molecular flexibility index (Phi) is 3.05. The molecule has 4 rings (SSSR count). The maximum atomic E-state index is 13.1. The topological polar surface area (TPSA) is 40.5 Å². The Hall–Kier alpha value is -1.39. The van der Waals surface area contributed by atoms with Crippen LogP contribution in [0.3, 0.4) is 0 Å². The minimum atomic E-state index is -0.353. The quantitative estimate of drug-likeness (QED) is 0.877. The van der Waals surface area contributed by atoms with Crippen LogP contribution in [-0.4, -0.2) is 34.1 Å². The normalized spacial score (nSPS) is 24.2. The third-order valence-electron chi connectivity index (χ3n) is 5.21. The third kappa shape index (κ3) is 1.86. The fourth-order valence-corrected chi connectivity index (χ4v) is 5.04. The Bertz CT molecular complexity index is 687. The van der Waals surface area contributed by atoms with Crippen LogP contribution < -0.4 is 0 Å². The van der Waals surface area contributed by atoms with Crippen molar-refractivity contribution in [2.24, 2.45) is 0 Å². The molecule has 1 saturated carbocycles. The summed E-state index contributed by atoms with van der Waals surface area (Å²) in [5.41, 5.74) is 0.510. The summed E-state index contributed by atoms with van der Waals surface area (Å²) in [5.74, 6) is 0.103. The smallest absolute Gasteiger partial charge is 0.255 e. The van der Waals surface area contributed by atoms with Gasteiger partial charge in [0.2, 0.25) is 0 Å². The Morgan fingerprint density at radius 2 is 2.05 bits per heavy atom. The molecular formula is C17H19NO2S. The molecule has 1 saturated heterocycles. The Morgan fingerprint density at radius 3 is 2.86 bits per heavy atom.